The third kappa shape index (κ3) is 4.85. The second-order valence-electron chi connectivity index (χ2n) is 7.21. The maximum absolute atomic E-state index is 12.9. The first-order valence-electron chi connectivity index (χ1n) is 10.5. The second-order valence-corrected chi connectivity index (χ2v) is 7.21. The van der Waals surface area contributed by atoms with E-state index in [0.29, 0.717) is 43.3 Å². The van der Waals surface area contributed by atoms with Crippen LogP contribution in [0.1, 0.15) is 23.7 Å². The number of amides is 2. The minimum atomic E-state index is -0.379. The molecule has 10 nitrogen and oxygen atoms in total. The van der Waals surface area contributed by atoms with E-state index in [9.17, 15) is 9.59 Å². The number of hydrogen-bond donors (Lipinski definition) is 1. The molecule has 3 aromatic heterocycles. The summed E-state index contributed by atoms with van der Waals surface area (Å²) >= 11 is 0. The van der Waals surface area contributed by atoms with E-state index in [1.54, 1.807) is 59.4 Å². The first-order chi connectivity index (χ1) is 15.7. The Morgan fingerprint density at radius 1 is 1.06 bits per heavy atom. The summed E-state index contributed by atoms with van der Waals surface area (Å²) in [5, 5.41) is 7.16. The predicted octanol–water partition coefficient (Wildman–Crippen LogP) is 2.58. The Labute approximate surface area is 185 Å². The van der Waals surface area contributed by atoms with Gasteiger partial charge in [-0.3, -0.25) is 0 Å². The van der Waals surface area contributed by atoms with Crippen LogP contribution in [-0.2, 0) is 4.74 Å². The van der Waals surface area contributed by atoms with Crippen molar-refractivity contribution in [1.82, 2.24) is 24.6 Å². The SMILES string of the molecule is CCOC(=O)c1ccc(N2CCCN(C(=O)Nc3cccnc3-n3cccn3)CC2)nc1. The maximum atomic E-state index is 12.9. The lowest BCUT2D eigenvalue weighted by Crippen LogP contribution is -2.38. The summed E-state index contributed by atoms with van der Waals surface area (Å²) in [6.07, 6.45) is 7.44. The largest absolute Gasteiger partial charge is 0.462 e. The Morgan fingerprint density at radius 3 is 2.72 bits per heavy atom. The Hall–Kier alpha value is -3.95. The van der Waals surface area contributed by atoms with Crippen LogP contribution in [0.4, 0.5) is 16.3 Å². The van der Waals surface area contributed by atoms with Crippen LogP contribution in [0.15, 0.2) is 55.1 Å². The molecule has 32 heavy (non-hydrogen) atoms. The van der Waals surface area contributed by atoms with Crippen LogP contribution in [0, 0.1) is 0 Å². The Morgan fingerprint density at radius 2 is 1.97 bits per heavy atom. The van der Waals surface area contributed by atoms with E-state index in [4.69, 9.17) is 4.74 Å². The first-order valence-corrected chi connectivity index (χ1v) is 10.5. The minimum absolute atomic E-state index is 0.182. The number of aromatic nitrogens is 4. The second kappa shape index (κ2) is 9.90. The zero-order valence-electron chi connectivity index (χ0n) is 17.8. The van der Waals surface area contributed by atoms with E-state index in [0.717, 1.165) is 18.8 Å². The monoisotopic (exact) mass is 435 g/mol. The molecule has 0 bridgehead atoms. The smallest absolute Gasteiger partial charge is 0.339 e. The first kappa shape index (κ1) is 21.3. The summed E-state index contributed by atoms with van der Waals surface area (Å²) in [7, 11) is 0. The zero-order chi connectivity index (χ0) is 22.3. The molecule has 0 atom stereocenters. The number of esters is 1. The minimum Gasteiger partial charge on any atom is -0.462 e. The van der Waals surface area contributed by atoms with Crippen molar-refractivity contribution in [2.45, 2.75) is 13.3 Å². The third-order valence-corrected chi connectivity index (χ3v) is 5.12. The average molecular weight is 435 g/mol. The molecule has 1 saturated heterocycles. The molecule has 0 spiro atoms. The number of nitrogens with zero attached hydrogens (tertiary/aromatic N) is 6. The number of carbonyl (C=O) groups excluding carboxylic acids is 2. The number of hydrogen-bond acceptors (Lipinski definition) is 7. The van der Waals surface area contributed by atoms with Crippen LogP contribution in [0.5, 0.6) is 0 Å². The molecule has 10 heteroatoms. The van der Waals surface area contributed by atoms with E-state index >= 15 is 0 Å². The van der Waals surface area contributed by atoms with Crippen molar-refractivity contribution in [2.24, 2.45) is 0 Å². The summed E-state index contributed by atoms with van der Waals surface area (Å²) in [5.41, 5.74) is 1.02. The summed E-state index contributed by atoms with van der Waals surface area (Å²) in [6, 6.07) is 8.73. The zero-order valence-corrected chi connectivity index (χ0v) is 17.8. The van der Waals surface area contributed by atoms with Crippen molar-refractivity contribution in [3.05, 3.63) is 60.7 Å². The third-order valence-electron chi connectivity index (χ3n) is 5.12. The van der Waals surface area contributed by atoms with Gasteiger partial charge in [-0.15, -0.1) is 0 Å². The van der Waals surface area contributed by atoms with E-state index in [1.807, 2.05) is 6.07 Å². The molecule has 0 aliphatic carbocycles. The summed E-state index contributed by atoms with van der Waals surface area (Å²) < 4.78 is 6.62. The van der Waals surface area contributed by atoms with Gasteiger partial charge >= 0.3 is 12.0 Å². The number of carbonyl (C=O) groups is 2. The molecular weight excluding hydrogens is 410 g/mol. The van der Waals surface area contributed by atoms with Crippen molar-refractivity contribution in [3.8, 4) is 5.82 Å². The molecule has 0 saturated carbocycles. The van der Waals surface area contributed by atoms with Crippen molar-refractivity contribution in [1.29, 1.82) is 0 Å². The average Bonchev–Trinajstić information content (AvgIpc) is 3.24. The molecule has 1 aliphatic rings. The van der Waals surface area contributed by atoms with Crippen LogP contribution in [0.3, 0.4) is 0 Å². The molecule has 0 radical (unpaired) electrons. The fraction of sp³-hybridized carbons (Fsp3) is 0.318. The summed E-state index contributed by atoms with van der Waals surface area (Å²) in [4.78, 5) is 37.4. The molecule has 4 rings (SSSR count). The van der Waals surface area contributed by atoms with E-state index in [-0.39, 0.29) is 12.0 Å². The predicted molar refractivity (Wildman–Crippen MR) is 119 cm³/mol. The highest BCUT2D eigenvalue weighted by molar-refractivity contribution is 5.91. The van der Waals surface area contributed by atoms with Gasteiger partial charge in [-0.1, -0.05) is 0 Å². The van der Waals surface area contributed by atoms with Crippen LogP contribution in [0.25, 0.3) is 5.82 Å². The number of anilines is 2. The molecule has 0 aromatic carbocycles. The Bertz CT molecular complexity index is 1050. The van der Waals surface area contributed by atoms with Crippen molar-refractivity contribution in [3.63, 3.8) is 0 Å². The van der Waals surface area contributed by atoms with Crippen LogP contribution in [-0.4, -0.2) is 69.4 Å². The number of ether oxygens (including phenoxy) is 1. The number of nitrogens with one attached hydrogen (secondary N) is 1. The molecule has 1 aliphatic heterocycles. The normalized spacial score (nSPS) is 14.0. The van der Waals surface area contributed by atoms with Crippen LogP contribution < -0.4 is 10.2 Å². The standard InChI is InChI=1S/C22H25N7O3/c1-2-32-21(30)17-7-8-19(24-16-17)27-11-5-12-28(15-14-27)22(31)26-18-6-3-9-23-20(18)29-13-4-10-25-29/h3-4,6-10,13,16H,2,5,11-12,14-15H2,1H3,(H,26,31). The number of pyridine rings is 2. The molecule has 166 valence electrons. The lowest BCUT2D eigenvalue weighted by atomic mass is 10.2. The highest BCUT2D eigenvalue weighted by Gasteiger charge is 2.21. The molecule has 0 unspecified atom stereocenters. The van der Waals surface area contributed by atoms with Gasteiger partial charge in [0, 0.05) is 51.0 Å². The van der Waals surface area contributed by atoms with E-state index in [2.05, 4.69) is 25.3 Å². The molecule has 1 fully saturated rings. The summed E-state index contributed by atoms with van der Waals surface area (Å²) in [6.45, 7) is 4.67. The van der Waals surface area contributed by atoms with Gasteiger partial charge in [0.25, 0.3) is 0 Å². The van der Waals surface area contributed by atoms with Gasteiger partial charge in [0.1, 0.15) is 5.82 Å². The van der Waals surface area contributed by atoms with Gasteiger partial charge in [-0.2, -0.15) is 5.10 Å². The molecular formula is C22H25N7O3. The Kier molecular flexibility index (Phi) is 6.59. The highest BCUT2D eigenvalue weighted by atomic mass is 16.5. The topological polar surface area (TPSA) is 105 Å². The quantitative estimate of drug-likeness (QED) is 0.614. The lowest BCUT2D eigenvalue weighted by Gasteiger charge is -2.23. The maximum Gasteiger partial charge on any atom is 0.339 e. The molecule has 3 aromatic rings. The van der Waals surface area contributed by atoms with Gasteiger partial charge in [-0.25, -0.2) is 24.2 Å². The molecule has 1 N–H and O–H groups in total. The Balaban J connectivity index is 1.39. The number of urea groups is 1. The number of rotatable bonds is 5. The lowest BCUT2D eigenvalue weighted by molar-refractivity contribution is 0.0526. The van der Waals surface area contributed by atoms with Crippen molar-refractivity contribution in [2.75, 3.05) is 43.0 Å². The van der Waals surface area contributed by atoms with Crippen LogP contribution in [0.2, 0.25) is 0 Å². The molecule has 2 amide bonds. The van der Waals surface area contributed by atoms with E-state index in [1.165, 1.54) is 6.20 Å². The van der Waals surface area contributed by atoms with Crippen LogP contribution >= 0.6 is 0 Å². The van der Waals surface area contributed by atoms with Gasteiger partial charge < -0.3 is 19.9 Å². The van der Waals surface area contributed by atoms with Crippen molar-refractivity contribution >= 4 is 23.5 Å². The molecule has 4 heterocycles. The van der Waals surface area contributed by atoms with Crippen molar-refractivity contribution < 1.29 is 14.3 Å². The fourth-order valence-electron chi connectivity index (χ4n) is 3.52. The van der Waals surface area contributed by atoms with Gasteiger partial charge in [-0.05, 0) is 43.7 Å². The van der Waals surface area contributed by atoms with E-state index < -0.39 is 0 Å². The van der Waals surface area contributed by atoms with Gasteiger partial charge in [0.05, 0.1) is 17.9 Å². The summed E-state index contributed by atoms with van der Waals surface area (Å²) in [5.74, 6) is 0.955. The fourth-order valence-corrected chi connectivity index (χ4v) is 3.52. The van der Waals surface area contributed by atoms with Gasteiger partial charge in [0.2, 0.25) is 0 Å². The highest BCUT2D eigenvalue weighted by Crippen LogP contribution is 2.18. The van der Waals surface area contributed by atoms with Gasteiger partial charge in [0.15, 0.2) is 5.82 Å².